The molecule has 0 unspecified atom stereocenters. The molecular formula is C19H24N4O2S. The Morgan fingerprint density at radius 3 is 2.81 bits per heavy atom. The van der Waals surface area contributed by atoms with E-state index in [4.69, 9.17) is 4.42 Å². The summed E-state index contributed by atoms with van der Waals surface area (Å²) < 4.78 is 5.35. The molecule has 7 heteroatoms. The molecule has 1 aromatic heterocycles. The van der Waals surface area contributed by atoms with Gasteiger partial charge in [0, 0.05) is 39.1 Å². The van der Waals surface area contributed by atoms with Crippen LogP contribution in [-0.4, -0.2) is 57.3 Å². The van der Waals surface area contributed by atoms with Gasteiger partial charge in [-0.25, -0.2) is 0 Å². The van der Waals surface area contributed by atoms with Crippen molar-refractivity contribution in [1.29, 1.82) is 0 Å². The van der Waals surface area contributed by atoms with Crippen LogP contribution in [0, 0.1) is 12.8 Å². The lowest BCUT2D eigenvalue weighted by atomic mass is 9.95. The second-order valence-electron chi connectivity index (χ2n) is 7.20. The number of aromatic nitrogens is 2. The second kappa shape index (κ2) is 7.80. The van der Waals surface area contributed by atoms with Crippen molar-refractivity contribution in [2.24, 2.45) is 5.92 Å². The summed E-state index contributed by atoms with van der Waals surface area (Å²) in [5, 5.41) is 8.24. The molecule has 3 aliphatic heterocycles. The maximum atomic E-state index is 12.8. The lowest BCUT2D eigenvalue weighted by molar-refractivity contribution is -0.132. The van der Waals surface area contributed by atoms with Crippen LogP contribution in [0.1, 0.15) is 24.3 Å². The Morgan fingerprint density at radius 2 is 2.04 bits per heavy atom. The summed E-state index contributed by atoms with van der Waals surface area (Å²) >= 11 is 1.34. The van der Waals surface area contributed by atoms with Crippen molar-refractivity contribution < 1.29 is 9.21 Å². The van der Waals surface area contributed by atoms with Crippen LogP contribution in [0.15, 0.2) is 40.0 Å². The number of piperidine rings is 1. The molecule has 0 radical (unpaired) electrons. The summed E-state index contributed by atoms with van der Waals surface area (Å²) in [5.41, 5.74) is 1.34. The fourth-order valence-corrected chi connectivity index (χ4v) is 4.69. The van der Waals surface area contributed by atoms with Gasteiger partial charge in [-0.1, -0.05) is 42.1 Å². The normalized spacial score (nSPS) is 23.2. The van der Waals surface area contributed by atoms with Crippen LogP contribution in [0.25, 0.3) is 0 Å². The molecule has 6 nitrogen and oxygen atoms in total. The van der Waals surface area contributed by atoms with Crippen molar-refractivity contribution in [2.75, 3.05) is 25.4 Å². The number of amides is 1. The van der Waals surface area contributed by atoms with Crippen LogP contribution in [-0.2, 0) is 11.3 Å². The van der Waals surface area contributed by atoms with E-state index in [1.54, 1.807) is 6.92 Å². The molecule has 0 spiro atoms. The number of carbonyl (C=O) groups excluding carboxylic acids is 1. The van der Waals surface area contributed by atoms with Gasteiger partial charge in [0.2, 0.25) is 11.8 Å². The fraction of sp³-hybridized carbons (Fsp3) is 0.526. The van der Waals surface area contributed by atoms with Gasteiger partial charge in [0.05, 0.1) is 5.75 Å². The molecule has 1 aromatic carbocycles. The van der Waals surface area contributed by atoms with Gasteiger partial charge in [-0.2, -0.15) is 0 Å². The van der Waals surface area contributed by atoms with Crippen LogP contribution in [0.2, 0.25) is 0 Å². The van der Waals surface area contributed by atoms with Crippen molar-refractivity contribution in [2.45, 2.75) is 37.6 Å². The minimum Gasteiger partial charge on any atom is -0.416 e. The molecule has 3 aliphatic rings. The Bertz CT molecular complexity index is 751. The van der Waals surface area contributed by atoms with Crippen molar-refractivity contribution in [3.8, 4) is 0 Å². The summed E-state index contributed by atoms with van der Waals surface area (Å²) in [6.45, 7) is 5.63. The van der Waals surface area contributed by atoms with Crippen LogP contribution >= 0.6 is 11.8 Å². The Hall–Kier alpha value is -1.86. The fourth-order valence-electron chi connectivity index (χ4n) is 4.00. The first-order valence-electron chi connectivity index (χ1n) is 9.16. The molecule has 4 heterocycles. The molecule has 2 atom stereocenters. The zero-order valence-electron chi connectivity index (χ0n) is 15.0. The molecule has 3 saturated heterocycles. The average molecular weight is 372 g/mol. The van der Waals surface area contributed by atoms with Gasteiger partial charge in [0.1, 0.15) is 0 Å². The predicted molar refractivity (Wildman–Crippen MR) is 99.7 cm³/mol. The number of aryl methyl sites for hydroxylation is 1. The van der Waals surface area contributed by atoms with Crippen molar-refractivity contribution >= 4 is 17.7 Å². The number of carbonyl (C=O) groups is 1. The van der Waals surface area contributed by atoms with Crippen molar-refractivity contribution in [3.63, 3.8) is 0 Å². The zero-order chi connectivity index (χ0) is 17.9. The number of hydrogen-bond acceptors (Lipinski definition) is 6. The molecule has 1 amide bonds. The summed E-state index contributed by atoms with van der Waals surface area (Å²) in [7, 11) is 0. The van der Waals surface area contributed by atoms with Gasteiger partial charge in [-0.05, 0) is 24.3 Å². The number of rotatable bonds is 5. The minimum absolute atomic E-state index is 0.183. The predicted octanol–water partition coefficient (Wildman–Crippen LogP) is 2.59. The second-order valence-corrected chi connectivity index (χ2v) is 8.13. The molecule has 26 heavy (non-hydrogen) atoms. The lowest BCUT2D eigenvalue weighted by Crippen LogP contribution is -2.48. The Balaban J connectivity index is 1.37. The number of thioether (sulfide) groups is 1. The SMILES string of the molecule is Cc1nnc(SCC(=O)N2C[C@H]3CC[C@@H]2CN(Cc2ccccc2)C3)o1. The Kier molecular flexibility index (Phi) is 5.26. The largest absolute Gasteiger partial charge is 0.416 e. The van der Waals surface area contributed by atoms with E-state index in [1.807, 2.05) is 0 Å². The van der Waals surface area contributed by atoms with Crippen LogP contribution < -0.4 is 0 Å². The van der Waals surface area contributed by atoms with E-state index in [2.05, 4.69) is 50.3 Å². The van der Waals surface area contributed by atoms with E-state index in [-0.39, 0.29) is 5.91 Å². The van der Waals surface area contributed by atoms with E-state index in [0.29, 0.717) is 28.8 Å². The third-order valence-electron chi connectivity index (χ3n) is 5.19. The number of nitrogens with zero attached hydrogens (tertiary/aromatic N) is 4. The Labute approximate surface area is 157 Å². The summed E-state index contributed by atoms with van der Waals surface area (Å²) in [6, 6.07) is 10.9. The highest BCUT2D eigenvalue weighted by Gasteiger charge is 2.37. The number of fused-ring (bicyclic) bond motifs is 4. The third-order valence-corrected chi connectivity index (χ3v) is 5.99. The lowest BCUT2D eigenvalue weighted by Gasteiger charge is -2.36. The van der Waals surface area contributed by atoms with Crippen LogP contribution in [0.4, 0.5) is 0 Å². The van der Waals surface area contributed by atoms with E-state index in [0.717, 1.165) is 32.6 Å². The zero-order valence-corrected chi connectivity index (χ0v) is 15.8. The Morgan fingerprint density at radius 1 is 1.19 bits per heavy atom. The molecular weight excluding hydrogens is 348 g/mol. The average Bonchev–Trinajstić information content (AvgIpc) is 2.87. The molecule has 0 N–H and O–H groups in total. The molecule has 0 aliphatic carbocycles. The highest BCUT2D eigenvalue weighted by molar-refractivity contribution is 7.99. The summed E-state index contributed by atoms with van der Waals surface area (Å²) in [6.07, 6.45) is 2.32. The van der Waals surface area contributed by atoms with Crippen LogP contribution in [0.3, 0.4) is 0 Å². The van der Waals surface area contributed by atoms with Gasteiger partial charge in [0.25, 0.3) is 5.22 Å². The standard InChI is InChI=1S/C19H24N4O2S/c1-14-20-21-19(25-14)26-13-18(24)23-11-16-7-8-17(23)12-22(10-16)9-15-5-3-2-4-6-15/h2-6,16-17H,7-13H2,1H3/t16-,17+/m0/s1. The van der Waals surface area contributed by atoms with Crippen molar-refractivity contribution in [3.05, 3.63) is 41.8 Å². The van der Waals surface area contributed by atoms with Gasteiger partial charge in [-0.15, -0.1) is 10.2 Å². The quantitative estimate of drug-likeness (QED) is 0.752. The van der Waals surface area contributed by atoms with Gasteiger partial charge < -0.3 is 9.32 Å². The molecule has 2 bridgehead atoms. The van der Waals surface area contributed by atoms with E-state index >= 15 is 0 Å². The molecule has 3 fully saturated rings. The maximum absolute atomic E-state index is 12.8. The first kappa shape index (κ1) is 17.5. The van der Waals surface area contributed by atoms with Gasteiger partial charge in [-0.3, -0.25) is 9.69 Å². The first-order valence-corrected chi connectivity index (χ1v) is 10.1. The maximum Gasteiger partial charge on any atom is 0.277 e. The van der Waals surface area contributed by atoms with Gasteiger partial charge >= 0.3 is 0 Å². The first-order chi connectivity index (χ1) is 12.7. The molecule has 0 saturated carbocycles. The molecule has 138 valence electrons. The van der Waals surface area contributed by atoms with E-state index in [1.165, 1.54) is 23.7 Å². The number of benzene rings is 1. The number of hydrogen-bond donors (Lipinski definition) is 0. The highest BCUT2D eigenvalue weighted by atomic mass is 32.2. The third kappa shape index (κ3) is 4.10. The minimum atomic E-state index is 0.183. The summed E-state index contributed by atoms with van der Waals surface area (Å²) in [4.78, 5) is 17.4. The smallest absolute Gasteiger partial charge is 0.277 e. The van der Waals surface area contributed by atoms with Crippen molar-refractivity contribution in [1.82, 2.24) is 20.0 Å². The monoisotopic (exact) mass is 372 g/mol. The van der Waals surface area contributed by atoms with E-state index in [9.17, 15) is 4.79 Å². The molecule has 2 aromatic rings. The summed E-state index contributed by atoms with van der Waals surface area (Å²) in [5.74, 6) is 1.65. The highest BCUT2D eigenvalue weighted by Crippen LogP contribution is 2.30. The van der Waals surface area contributed by atoms with Crippen LogP contribution in [0.5, 0.6) is 0 Å². The molecule has 5 rings (SSSR count). The topological polar surface area (TPSA) is 62.5 Å². The van der Waals surface area contributed by atoms with Gasteiger partial charge in [0.15, 0.2) is 0 Å². The van der Waals surface area contributed by atoms with E-state index < -0.39 is 0 Å².